The fourth-order valence-electron chi connectivity index (χ4n) is 1.43. The molecule has 1 heterocycles. The molecule has 0 aromatic heterocycles. The molecule has 1 aliphatic heterocycles. The Morgan fingerprint density at radius 2 is 2.33 bits per heavy atom. The molecule has 0 saturated carbocycles. The smallest absolute Gasteiger partial charge is 0.335 e. The predicted molar refractivity (Wildman–Crippen MR) is 54.8 cm³/mol. The second-order valence-electron chi connectivity index (χ2n) is 3.62. The molecule has 0 aliphatic carbocycles. The summed E-state index contributed by atoms with van der Waals surface area (Å²) >= 11 is 0. The number of hydrogen-bond acceptors (Lipinski definition) is 3. The third kappa shape index (κ3) is 2.55. The van der Waals surface area contributed by atoms with E-state index in [9.17, 15) is 4.79 Å². The highest BCUT2D eigenvalue weighted by Gasteiger charge is 2.16. The van der Waals surface area contributed by atoms with E-state index in [1.165, 1.54) is 0 Å². The van der Waals surface area contributed by atoms with Gasteiger partial charge in [0, 0.05) is 6.54 Å². The first-order valence-corrected chi connectivity index (χ1v) is 4.89. The molecular formula is C11H13NO3. The van der Waals surface area contributed by atoms with Crippen molar-refractivity contribution in [2.75, 3.05) is 13.2 Å². The molecule has 0 radical (unpaired) electrons. The molecular weight excluding hydrogens is 194 g/mol. The minimum atomic E-state index is -0.885. The molecule has 1 fully saturated rings. The number of carboxylic acid groups (broad SMARTS) is 1. The topological polar surface area (TPSA) is 58.6 Å². The monoisotopic (exact) mass is 207 g/mol. The van der Waals surface area contributed by atoms with Crippen LogP contribution in [0.4, 0.5) is 0 Å². The van der Waals surface area contributed by atoms with Gasteiger partial charge in [-0.2, -0.15) is 0 Å². The third-order valence-corrected chi connectivity index (χ3v) is 2.41. The van der Waals surface area contributed by atoms with Crippen molar-refractivity contribution in [3.05, 3.63) is 35.4 Å². The number of carbonyl (C=O) groups is 1. The van der Waals surface area contributed by atoms with Gasteiger partial charge in [-0.1, -0.05) is 12.1 Å². The number of benzene rings is 1. The molecule has 4 nitrogen and oxygen atoms in total. The van der Waals surface area contributed by atoms with Crippen LogP contribution in [0.1, 0.15) is 15.9 Å². The van der Waals surface area contributed by atoms with E-state index in [0.29, 0.717) is 18.2 Å². The van der Waals surface area contributed by atoms with Gasteiger partial charge in [0.05, 0.1) is 24.8 Å². The summed E-state index contributed by atoms with van der Waals surface area (Å²) in [7, 11) is 0. The van der Waals surface area contributed by atoms with Crippen molar-refractivity contribution in [3.63, 3.8) is 0 Å². The number of ether oxygens (including phenoxy) is 1. The molecule has 4 heteroatoms. The van der Waals surface area contributed by atoms with Crippen LogP contribution in [0, 0.1) is 0 Å². The van der Waals surface area contributed by atoms with Crippen LogP contribution in [0.15, 0.2) is 24.3 Å². The van der Waals surface area contributed by atoms with Gasteiger partial charge < -0.3 is 15.2 Å². The van der Waals surface area contributed by atoms with Crippen molar-refractivity contribution in [1.82, 2.24) is 5.32 Å². The summed E-state index contributed by atoms with van der Waals surface area (Å²) in [5, 5.41) is 12.1. The number of aromatic carboxylic acids is 1. The Hall–Kier alpha value is -1.39. The van der Waals surface area contributed by atoms with Crippen LogP contribution >= 0.6 is 0 Å². The summed E-state index contributed by atoms with van der Waals surface area (Å²) in [6.07, 6.45) is 0. The first kappa shape index (κ1) is 10.1. The second kappa shape index (κ2) is 4.42. The molecule has 80 valence electrons. The average Bonchev–Trinajstić information content (AvgIpc) is 2.16. The highest BCUT2D eigenvalue weighted by atomic mass is 16.5. The van der Waals surface area contributed by atoms with Gasteiger partial charge in [-0.15, -0.1) is 0 Å². The lowest BCUT2D eigenvalue weighted by molar-refractivity contribution is -0.00578. The molecule has 0 spiro atoms. The first-order chi connectivity index (χ1) is 7.25. The summed E-state index contributed by atoms with van der Waals surface area (Å²) in [4.78, 5) is 10.7. The van der Waals surface area contributed by atoms with Crippen LogP contribution < -0.4 is 5.32 Å². The lowest BCUT2D eigenvalue weighted by atomic mass is 10.1. The maximum Gasteiger partial charge on any atom is 0.335 e. The lowest BCUT2D eigenvalue weighted by Gasteiger charge is -2.27. The molecule has 2 N–H and O–H groups in total. The van der Waals surface area contributed by atoms with E-state index >= 15 is 0 Å². The highest BCUT2D eigenvalue weighted by Crippen LogP contribution is 2.07. The fourth-order valence-corrected chi connectivity index (χ4v) is 1.43. The zero-order valence-corrected chi connectivity index (χ0v) is 8.27. The molecule has 0 bridgehead atoms. The zero-order valence-electron chi connectivity index (χ0n) is 8.27. The standard InChI is InChI=1S/C11H13NO3/c13-11(14)9-3-1-2-8(4-9)5-12-10-6-15-7-10/h1-4,10,12H,5-7H2,(H,13,14). The van der Waals surface area contributed by atoms with Crippen molar-refractivity contribution >= 4 is 5.97 Å². The number of nitrogens with one attached hydrogen (secondary N) is 1. The van der Waals surface area contributed by atoms with E-state index in [-0.39, 0.29) is 0 Å². The minimum Gasteiger partial charge on any atom is -0.478 e. The second-order valence-corrected chi connectivity index (χ2v) is 3.62. The van der Waals surface area contributed by atoms with Gasteiger partial charge in [-0.05, 0) is 17.7 Å². The SMILES string of the molecule is O=C(O)c1cccc(CNC2COC2)c1. The van der Waals surface area contributed by atoms with Crippen molar-refractivity contribution in [1.29, 1.82) is 0 Å². The van der Waals surface area contributed by atoms with Crippen LogP contribution in [0.2, 0.25) is 0 Å². The van der Waals surface area contributed by atoms with Crippen LogP contribution in [0.3, 0.4) is 0 Å². The lowest BCUT2D eigenvalue weighted by Crippen LogP contribution is -2.45. The predicted octanol–water partition coefficient (Wildman–Crippen LogP) is 0.873. The molecule has 0 unspecified atom stereocenters. The molecule has 1 aliphatic rings. The van der Waals surface area contributed by atoms with Gasteiger partial charge in [-0.3, -0.25) is 0 Å². The van der Waals surface area contributed by atoms with Crippen LogP contribution in [-0.2, 0) is 11.3 Å². The normalized spacial score (nSPS) is 16.0. The number of rotatable bonds is 4. The molecule has 1 aromatic rings. The molecule has 15 heavy (non-hydrogen) atoms. The largest absolute Gasteiger partial charge is 0.478 e. The number of carboxylic acids is 1. The van der Waals surface area contributed by atoms with Gasteiger partial charge in [0.2, 0.25) is 0 Å². The molecule has 1 aromatic carbocycles. The van der Waals surface area contributed by atoms with Crippen LogP contribution in [0.25, 0.3) is 0 Å². The van der Waals surface area contributed by atoms with E-state index in [2.05, 4.69) is 5.32 Å². The molecule has 0 atom stereocenters. The van der Waals surface area contributed by atoms with Gasteiger partial charge in [0.15, 0.2) is 0 Å². The molecule has 0 amide bonds. The van der Waals surface area contributed by atoms with E-state index < -0.39 is 5.97 Å². The van der Waals surface area contributed by atoms with E-state index in [1.54, 1.807) is 18.2 Å². The minimum absolute atomic E-state index is 0.333. The molecule has 2 rings (SSSR count). The summed E-state index contributed by atoms with van der Waals surface area (Å²) in [5.74, 6) is -0.885. The van der Waals surface area contributed by atoms with Crippen molar-refractivity contribution < 1.29 is 14.6 Å². The van der Waals surface area contributed by atoms with Crippen molar-refractivity contribution in [3.8, 4) is 0 Å². The van der Waals surface area contributed by atoms with E-state index in [4.69, 9.17) is 9.84 Å². The Morgan fingerprint density at radius 3 is 2.93 bits per heavy atom. The Labute approximate surface area is 87.9 Å². The first-order valence-electron chi connectivity index (χ1n) is 4.89. The van der Waals surface area contributed by atoms with Gasteiger partial charge in [0.1, 0.15) is 0 Å². The maximum atomic E-state index is 10.7. The summed E-state index contributed by atoms with van der Waals surface area (Å²) in [6.45, 7) is 2.19. The quantitative estimate of drug-likeness (QED) is 0.769. The Bertz CT molecular complexity index is 361. The van der Waals surface area contributed by atoms with Gasteiger partial charge in [0.25, 0.3) is 0 Å². The van der Waals surface area contributed by atoms with E-state index in [0.717, 1.165) is 18.8 Å². The van der Waals surface area contributed by atoms with Crippen LogP contribution in [-0.4, -0.2) is 30.3 Å². The fraction of sp³-hybridized carbons (Fsp3) is 0.364. The Kier molecular flexibility index (Phi) is 2.99. The third-order valence-electron chi connectivity index (χ3n) is 2.41. The maximum absolute atomic E-state index is 10.7. The van der Waals surface area contributed by atoms with Crippen LogP contribution in [0.5, 0.6) is 0 Å². The van der Waals surface area contributed by atoms with Gasteiger partial charge >= 0.3 is 5.97 Å². The van der Waals surface area contributed by atoms with Crippen molar-refractivity contribution in [2.45, 2.75) is 12.6 Å². The summed E-state index contributed by atoms with van der Waals surface area (Å²) in [6, 6.07) is 7.38. The Balaban J connectivity index is 1.94. The van der Waals surface area contributed by atoms with Gasteiger partial charge in [-0.25, -0.2) is 4.79 Å². The van der Waals surface area contributed by atoms with E-state index in [1.807, 2.05) is 6.07 Å². The average molecular weight is 207 g/mol. The molecule has 1 saturated heterocycles. The van der Waals surface area contributed by atoms with Crippen molar-refractivity contribution in [2.24, 2.45) is 0 Å². The summed E-state index contributed by atoms with van der Waals surface area (Å²) < 4.78 is 5.03. The number of hydrogen-bond donors (Lipinski definition) is 2. The zero-order chi connectivity index (χ0) is 10.7. The summed E-state index contributed by atoms with van der Waals surface area (Å²) in [5.41, 5.74) is 1.32. The Morgan fingerprint density at radius 1 is 1.53 bits per heavy atom. The highest BCUT2D eigenvalue weighted by molar-refractivity contribution is 5.87.